The number of aliphatic hydroxyl groups is 1. The van der Waals surface area contributed by atoms with Crippen LogP contribution in [0.25, 0.3) is 0 Å². The Kier molecular flexibility index (Phi) is 5.54. The predicted octanol–water partition coefficient (Wildman–Crippen LogP) is -1.21. The summed E-state index contributed by atoms with van der Waals surface area (Å²) in [5.41, 5.74) is -0.454. The monoisotopic (exact) mass is 307 g/mol. The Morgan fingerprint density at radius 1 is 1.25 bits per heavy atom. The minimum absolute atomic E-state index is 0.0291. The first-order valence-electron chi connectivity index (χ1n) is 6.63. The zero-order valence-corrected chi connectivity index (χ0v) is 13.5. The molecule has 0 aromatic rings. The van der Waals surface area contributed by atoms with Gasteiger partial charge in [0.1, 0.15) is 0 Å². The Hall–Kier alpha value is -0.700. The summed E-state index contributed by atoms with van der Waals surface area (Å²) in [5, 5.41) is 9.27. The van der Waals surface area contributed by atoms with E-state index in [9.17, 15) is 18.3 Å². The fourth-order valence-electron chi connectivity index (χ4n) is 1.91. The number of aliphatic hydroxyl groups excluding tert-OH is 1. The molecule has 0 aromatic carbocycles. The SMILES string of the molecule is CN(CC(=O)N1CCN(S(C)(=O)=O)CC1)C(C)(C)CO. The smallest absolute Gasteiger partial charge is 0.236 e. The van der Waals surface area contributed by atoms with Crippen LogP contribution < -0.4 is 0 Å². The number of carbonyl (C=O) groups is 1. The molecule has 1 amide bonds. The standard InChI is InChI=1S/C12H25N3O4S/c1-12(2,10-16)13(3)9-11(17)14-5-7-15(8-6-14)20(4,18)19/h16H,5-10H2,1-4H3. The Morgan fingerprint density at radius 2 is 1.75 bits per heavy atom. The summed E-state index contributed by atoms with van der Waals surface area (Å²) in [4.78, 5) is 15.6. The van der Waals surface area contributed by atoms with Gasteiger partial charge in [0.25, 0.3) is 0 Å². The summed E-state index contributed by atoms with van der Waals surface area (Å²) in [5.74, 6) is -0.0397. The van der Waals surface area contributed by atoms with Crippen LogP contribution in [0.1, 0.15) is 13.8 Å². The third-order valence-electron chi connectivity index (χ3n) is 3.85. The van der Waals surface area contributed by atoms with Crippen molar-refractivity contribution in [2.45, 2.75) is 19.4 Å². The maximum Gasteiger partial charge on any atom is 0.236 e. The lowest BCUT2D eigenvalue weighted by Crippen LogP contribution is -2.54. The zero-order chi connectivity index (χ0) is 15.6. The van der Waals surface area contributed by atoms with Gasteiger partial charge in [0.15, 0.2) is 0 Å². The number of carbonyl (C=O) groups excluding carboxylic acids is 1. The molecule has 118 valence electrons. The van der Waals surface area contributed by atoms with Crippen LogP contribution in [-0.2, 0) is 14.8 Å². The number of rotatable bonds is 5. The number of hydrogen-bond donors (Lipinski definition) is 1. The van der Waals surface area contributed by atoms with Gasteiger partial charge >= 0.3 is 0 Å². The molecule has 1 fully saturated rings. The molecule has 1 rings (SSSR count). The summed E-state index contributed by atoms with van der Waals surface area (Å²) < 4.78 is 24.2. The van der Waals surface area contributed by atoms with Gasteiger partial charge in [0, 0.05) is 31.7 Å². The van der Waals surface area contributed by atoms with Crippen molar-refractivity contribution in [2.75, 3.05) is 52.6 Å². The molecule has 1 N–H and O–H groups in total. The van der Waals surface area contributed by atoms with Crippen molar-refractivity contribution >= 4 is 15.9 Å². The van der Waals surface area contributed by atoms with Crippen molar-refractivity contribution in [3.05, 3.63) is 0 Å². The van der Waals surface area contributed by atoms with E-state index in [4.69, 9.17) is 0 Å². The number of nitrogens with zero attached hydrogens (tertiary/aromatic N) is 3. The molecule has 1 aliphatic heterocycles. The van der Waals surface area contributed by atoms with Gasteiger partial charge in [-0.15, -0.1) is 0 Å². The largest absolute Gasteiger partial charge is 0.394 e. The lowest BCUT2D eigenvalue weighted by molar-refractivity contribution is -0.134. The van der Waals surface area contributed by atoms with Crippen LogP contribution in [0.3, 0.4) is 0 Å². The maximum absolute atomic E-state index is 12.2. The van der Waals surface area contributed by atoms with Crippen molar-refractivity contribution in [1.29, 1.82) is 0 Å². The van der Waals surface area contributed by atoms with Crippen LogP contribution in [0.15, 0.2) is 0 Å². The molecule has 0 bridgehead atoms. The van der Waals surface area contributed by atoms with Crippen LogP contribution in [-0.4, -0.2) is 91.7 Å². The number of piperazine rings is 1. The van der Waals surface area contributed by atoms with Gasteiger partial charge in [-0.3, -0.25) is 9.69 Å². The van der Waals surface area contributed by atoms with Crippen LogP contribution in [0, 0.1) is 0 Å². The predicted molar refractivity (Wildman–Crippen MR) is 76.8 cm³/mol. The van der Waals surface area contributed by atoms with Gasteiger partial charge in [0.2, 0.25) is 15.9 Å². The first-order chi connectivity index (χ1) is 9.08. The van der Waals surface area contributed by atoms with Gasteiger partial charge in [-0.25, -0.2) is 8.42 Å². The van der Waals surface area contributed by atoms with Gasteiger partial charge in [-0.05, 0) is 20.9 Å². The Morgan fingerprint density at radius 3 is 2.15 bits per heavy atom. The normalized spacial score (nSPS) is 18.6. The Balaban J connectivity index is 2.52. The second-order valence-electron chi connectivity index (χ2n) is 5.87. The summed E-state index contributed by atoms with van der Waals surface area (Å²) in [6.45, 7) is 5.43. The molecule has 0 aromatic heterocycles. The van der Waals surface area contributed by atoms with E-state index >= 15 is 0 Å². The minimum Gasteiger partial charge on any atom is -0.394 e. The van der Waals surface area contributed by atoms with Crippen LogP contribution >= 0.6 is 0 Å². The average molecular weight is 307 g/mol. The van der Waals surface area contributed by atoms with E-state index in [0.29, 0.717) is 26.2 Å². The van der Waals surface area contributed by atoms with Crippen LogP contribution in [0.5, 0.6) is 0 Å². The first-order valence-corrected chi connectivity index (χ1v) is 8.48. The quantitative estimate of drug-likeness (QED) is 0.689. The summed E-state index contributed by atoms with van der Waals surface area (Å²) in [7, 11) is -1.38. The van der Waals surface area contributed by atoms with Crippen molar-refractivity contribution in [2.24, 2.45) is 0 Å². The second-order valence-corrected chi connectivity index (χ2v) is 7.85. The second kappa shape index (κ2) is 6.38. The van der Waals surface area contributed by atoms with E-state index in [2.05, 4.69) is 0 Å². The average Bonchev–Trinajstić information content (AvgIpc) is 2.37. The van der Waals surface area contributed by atoms with Gasteiger partial charge in [-0.1, -0.05) is 0 Å². The molecule has 0 saturated carbocycles. The third-order valence-corrected chi connectivity index (χ3v) is 5.16. The van der Waals surface area contributed by atoms with Crippen LogP contribution in [0.4, 0.5) is 0 Å². The van der Waals surface area contributed by atoms with Crippen molar-refractivity contribution < 1.29 is 18.3 Å². The zero-order valence-electron chi connectivity index (χ0n) is 12.7. The molecule has 0 spiro atoms. The van der Waals surface area contributed by atoms with Crippen molar-refractivity contribution in [3.8, 4) is 0 Å². The fourth-order valence-corrected chi connectivity index (χ4v) is 2.73. The number of amides is 1. The molecule has 8 heteroatoms. The number of likely N-dealkylation sites (N-methyl/N-ethyl adjacent to an activating group) is 1. The molecule has 0 unspecified atom stereocenters. The topological polar surface area (TPSA) is 81.2 Å². The van der Waals surface area contributed by atoms with Crippen molar-refractivity contribution in [1.82, 2.24) is 14.1 Å². The highest BCUT2D eigenvalue weighted by atomic mass is 32.2. The molecular formula is C12H25N3O4S. The van der Waals surface area contributed by atoms with Gasteiger partial charge in [0.05, 0.1) is 19.4 Å². The highest BCUT2D eigenvalue weighted by Crippen LogP contribution is 2.12. The highest BCUT2D eigenvalue weighted by Gasteiger charge is 2.29. The molecule has 0 aliphatic carbocycles. The molecule has 0 radical (unpaired) electrons. The van der Waals surface area contributed by atoms with Gasteiger partial charge < -0.3 is 10.0 Å². The van der Waals surface area contributed by atoms with E-state index in [1.54, 1.807) is 16.8 Å². The van der Waals surface area contributed by atoms with E-state index < -0.39 is 15.6 Å². The molecule has 1 aliphatic rings. The third kappa shape index (κ3) is 4.41. The lowest BCUT2D eigenvalue weighted by atomic mass is 10.1. The van der Waals surface area contributed by atoms with E-state index in [0.717, 1.165) is 0 Å². The molecule has 20 heavy (non-hydrogen) atoms. The maximum atomic E-state index is 12.2. The first kappa shape index (κ1) is 17.4. The van der Waals surface area contributed by atoms with Crippen LogP contribution in [0.2, 0.25) is 0 Å². The van der Waals surface area contributed by atoms with E-state index in [-0.39, 0.29) is 19.1 Å². The highest BCUT2D eigenvalue weighted by molar-refractivity contribution is 7.88. The lowest BCUT2D eigenvalue weighted by Gasteiger charge is -2.37. The molecular weight excluding hydrogens is 282 g/mol. The molecule has 1 saturated heterocycles. The summed E-state index contributed by atoms with van der Waals surface area (Å²) in [6, 6.07) is 0. The number of hydrogen-bond acceptors (Lipinski definition) is 5. The Bertz CT molecular complexity index is 442. The van der Waals surface area contributed by atoms with Gasteiger partial charge in [-0.2, -0.15) is 4.31 Å². The molecule has 0 atom stereocenters. The molecule has 1 heterocycles. The molecule has 7 nitrogen and oxygen atoms in total. The fraction of sp³-hybridized carbons (Fsp3) is 0.917. The number of sulfonamides is 1. The van der Waals surface area contributed by atoms with Crippen molar-refractivity contribution in [3.63, 3.8) is 0 Å². The van der Waals surface area contributed by atoms with E-state index in [1.165, 1.54) is 10.6 Å². The summed E-state index contributed by atoms with van der Waals surface area (Å²) in [6.07, 6.45) is 1.18. The Labute approximate surface area is 121 Å². The summed E-state index contributed by atoms with van der Waals surface area (Å²) >= 11 is 0. The minimum atomic E-state index is -3.17. The van der Waals surface area contributed by atoms with E-state index in [1.807, 2.05) is 13.8 Å².